The minimum absolute atomic E-state index is 0.0758. The molecule has 0 spiro atoms. The minimum Gasteiger partial charge on any atom is -0.484 e. The molecule has 0 saturated heterocycles. The van der Waals surface area contributed by atoms with Crippen molar-refractivity contribution in [2.45, 2.75) is 20.1 Å². The molecule has 0 aliphatic carbocycles. The van der Waals surface area contributed by atoms with Gasteiger partial charge in [0.2, 0.25) is 5.91 Å². The van der Waals surface area contributed by atoms with Gasteiger partial charge in [-0.1, -0.05) is 91.0 Å². The summed E-state index contributed by atoms with van der Waals surface area (Å²) in [5, 5.41) is 19.7. The van der Waals surface area contributed by atoms with Crippen molar-refractivity contribution in [3.63, 3.8) is 0 Å². The van der Waals surface area contributed by atoms with Gasteiger partial charge in [-0.3, -0.25) is 14.3 Å². The number of rotatable bonds is 9. The lowest BCUT2D eigenvalue weighted by atomic mass is 10.1. The first-order valence-electron chi connectivity index (χ1n) is 13.0. The van der Waals surface area contributed by atoms with Crippen LogP contribution in [0.1, 0.15) is 34.1 Å². The first kappa shape index (κ1) is 26.9. The van der Waals surface area contributed by atoms with Crippen LogP contribution in [0.3, 0.4) is 0 Å². The first-order valence-corrected chi connectivity index (χ1v) is 13.0. The van der Waals surface area contributed by atoms with Gasteiger partial charge < -0.3 is 15.4 Å². The third kappa shape index (κ3) is 6.49. The summed E-state index contributed by atoms with van der Waals surface area (Å²) in [4.78, 5) is 25.7. The van der Waals surface area contributed by atoms with Crippen LogP contribution in [0.25, 0.3) is 11.3 Å². The Balaban J connectivity index is 1.61. The number of aromatic nitrogens is 2. The molecule has 4 aromatic carbocycles. The molecule has 0 atom stereocenters. The second-order valence-corrected chi connectivity index (χ2v) is 9.32. The van der Waals surface area contributed by atoms with Crippen LogP contribution in [0.4, 0.5) is 11.4 Å². The lowest BCUT2D eigenvalue weighted by Crippen LogP contribution is -2.17. The molecule has 0 bridgehead atoms. The largest absolute Gasteiger partial charge is 0.484 e. The molecule has 1 heterocycles. The average molecular weight is 542 g/mol. The summed E-state index contributed by atoms with van der Waals surface area (Å²) in [5.41, 5.74) is 4.47. The monoisotopic (exact) mass is 541 g/mol. The highest BCUT2D eigenvalue weighted by Crippen LogP contribution is 2.36. The van der Waals surface area contributed by atoms with E-state index in [9.17, 15) is 14.9 Å². The maximum absolute atomic E-state index is 13.9. The molecule has 0 aliphatic rings. The van der Waals surface area contributed by atoms with Crippen molar-refractivity contribution in [2.24, 2.45) is 0 Å². The Hall–Kier alpha value is -5.68. The van der Waals surface area contributed by atoms with Crippen LogP contribution in [0.5, 0.6) is 5.75 Å². The van der Waals surface area contributed by atoms with Gasteiger partial charge in [-0.05, 0) is 29.3 Å². The second kappa shape index (κ2) is 12.5. The van der Waals surface area contributed by atoms with Gasteiger partial charge in [0.05, 0.1) is 29.6 Å². The summed E-state index contributed by atoms with van der Waals surface area (Å²) in [6.07, 6.45) is 0. The number of nitriles is 1. The molecular weight excluding hydrogens is 514 g/mol. The van der Waals surface area contributed by atoms with E-state index in [4.69, 9.17) is 9.84 Å². The van der Waals surface area contributed by atoms with Crippen LogP contribution < -0.4 is 15.4 Å². The van der Waals surface area contributed by atoms with Crippen molar-refractivity contribution >= 4 is 23.2 Å². The zero-order valence-electron chi connectivity index (χ0n) is 22.4. The molecule has 0 saturated carbocycles. The normalized spacial score (nSPS) is 10.4. The quantitative estimate of drug-likeness (QED) is 0.229. The van der Waals surface area contributed by atoms with Gasteiger partial charge in [-0.15, -0.1) is 0 Å². The highest BCUT2D eigenvalue weighted by atomic mass is 16.5. The number of hydrogen-bond acceptors (Lipinski definition) is 5. The van der Waals surface area contributed by atoms with E-state index in [0.29, 0.717) is 29.2 Å². The standard InChI is InChI=1S/C33H27N5O3/c1-23(39)35-28-18-17-26(20-34)19-29(28)36-33(40)30-32(41-22-25-13-7-3-8-14-25)31(27-15-9-4-10-16-27)38(37-30)21-24-11-5-2-6-12-24/h2-19H,21-22H2,1H3,(H,35,39)(H,36,40). The Bertz CT molecular complexity index is 1710. The molecule has 5 aromatic rings. The Morgan fingerprint density at radius 1 is 0.829 bits per heavy atom. The van der Waals surface area contributed by atoms with Crippen molar-refractivity contribution < 1.29 is 14.3 Å². The number of amides is 2. The molecule has 5 rings (SSSR count). The summed E-state index contributed by atoms with van der Waals surface area (Å²) in [6, 6.07) is 35.9. The summed E-state index contributed by atoms with van der Waals surface area (Å²) in [6.45, 7) is 2.00. The van der Waals surface area contributed by atoms with Crippen LogP contribution >= 0.6 is 0 Å². The second-order valence-electron chi connectivity index (χ2n) is 9.32. The zero-order chi connectivity index (χ0) is 28.6. The van der Waals surface area contributed by atoms with Crippen molar-refractivity contribution in [3.8, 4) is 23.1 Å². The molecule has 2 amide bonds. The molecule has 41 heavy (non-hydrogen) atoms. The molecule has 0 radical (unpaired) electrons. The Labute approximate surface area is 237 Å². The highest BCUT2D eigenvalue weighted by Gasteiger charge is 2.27. The molecule has 2 N–H and O–H groups in total. The number of carbonyl (C=O) groups is 2. The third-order valence-electron chi connectivity index (χ3n) is 6.28. The average Bonchev–Trinajstić information content (AvgIpc) is 3.36. The van der Waals surface area contributed by atoms with E-state index in [-0.39, 0.29) is 23.9 Å². The molecule has 1 aromatic heterocycles. The van der Waals surface area contributed by atoms with Crippen LogP contribution in [0.15, 0.2) is 109 Å². The van der Waals surface area contributed by atoms with Gasteiger partial charge in [0, 0.05) is 12.5 Å². The van der Waals surface area contributed by atoms with Crippen LogP contribution in [0, 0.1) is 11.3 Å². The van der Waals surface area contributed by atoms with Crippen molar-refractivity contribution in [2.75, 3.05) is 10.6 Å². The number of hydrogen-bond donors (Lipinski definition) is 2. The fourth-order valence-corrected chi connectivity index (χ4v) is 4.40. The fourth-order valence-electron chi connectivity index (χ4n) is 4.40. The van der Waals surface area contributed by atoms with E-state index in [1.165, 1.54) is 13.0 Å². The van der Waals surface area contributed by atoms with E-state index in [1.807, 2.05) is 91.0 Å². The number of nitrogens with one attached hydrogen (secondary N) is 2. The smallest absolute Gasteiger partial charge is 0.280 e. The predicted octanol–water partition coefficient (Wildman–Crippen LogP) is 6.26. The van der Waals surface area contributed by atoms with Gasteiger partial charge in [0.1, 0.15) is 12.3 Å². The molecule has 8 nitrogen and oxygen atoms in total. The molecule has 0 unspecified atom stereocenters. The lowest BCUT2D eigenvalue weighted by molar-refractivity contribution is -0.114. The predicted molar refractivity (Wildman–Crippen MR) is 157 cm³/mol. The number of carbonyl (C=O) groups excluding carboxylic acids is 2. The fraction of sp³-hybridized carbons (Fsp3) is 0.0909. The summed E-state index contributed by atoms with van der Waals surface area (Å²) in [5.74, 6) is -0.527. The summed E-state index contributed by atoms with van der Waals surface area (Å²) < 4.78 is 8.12. The Kier molecular flexibility index (Phi) is 8.17. The number of benzene rings is 4. The zero-order valence-corrected chi connectivity index (χ0v) is 22.4. The lowest BCUT2D eigenvalue weighted by Gasteiger charge is -2.13. The highest BCUT2D eigenvalue weighted by molar-refractivity contribution is 6.08. The van der Waals surface area contributed by atoms with Gasteiger partial charge in [0.25, 0.3) is 5.91 Å². The molecular formula is C33H27N5O3. The Morgan fingerprint density at radius 2 is 1.46 bits per heavy atom. The topological polar surface area (TPSA) is 109 Å². The number of nitrogens with zero attached hydrogens (tertiary/aromatic N) is 3. The molecule has 202 valence electrons. The van der Waals surface area contributed by atoms with Crippen LogP contribution in [0.2, 0.25) is 0 Å². The third-order valence-corrected chi connectivity index (χ3v) is 6.28. The van der Waals surface area contributed by atoms with E-state index >= 15 is 0 Å². The van der Waals surface area contributed by atoms with Gasteiger partial charge in [0.15, 0.2) is 11.4 Å². The summed E-state index contributed by atoms with van der Waals surface area (Å²) >= 11 is 0. The van der Waals surface area contributed by atoms with E-state index in [1.54, 1.807) is 16.8 Å². The molecule has 8 heteroatoms. The van der Waals surface area contributed by atoms with Gasteiger partial charge >= 0.3 is 0 Å². The van der Waals surface area contributed by atoms with E-state index in [2.05, 4.69) is 16.7 Å². The van der Waals surface area contributed by atoms with Gasteiger partial charge in [-0.2, -0.15) is 10.4 Å². The van der Waals surface area contributed by atoms with Crippen LogP contribution in [-0.4, -0.2) is 21.6 Å². The van der Waals surface area contributed by atoms with Gasteiger partial charge in [-0.25, -0.2) is 0 Å². The Morgan fingerprint density at radius 3 is 2.10 bits per heavy atom. The van der Waals surface area contributed by atoms with E-state index < -0.39 is 5.91 Å². The minimum atomic E-state index is -0.543. The SMILES string of the molecule is CC(=O)Nc1ccc(C#N)cc1NC(=O)c1nn(Cc2ccccc2)c(-c2ccccc2)c1OCc1ccccc1. The maximum atomic E-state index is 13.9. The number of ether oxygens (including phenoxy) is 1. The van der Waals surface area contributed by atoms with E-state index in [0.717, 1.165) is 16.7 Å². The maximum Gasteiger partial charge on any atom is 0.280 e. The molecule has 0 fully saturated rings. The first-order chi connectivity index (χ1) is 20.0. The van der Waals surface area contributed by atoms with Crippen molar-refractivity contribution in [1.29, 1.82) is 5.26 Å². The summed E-state index contributed by atoms with van der Waals surface area (Å²) in [7, 11) is 0. The van der Waals surface area contributed by atoms with Crippen molar-refractivity contribution in [3.05, 3.63) is 132 Å². The molecule has 0 aliphatic heterocycles. The van der Waals surface area contributed by atoms with Crippen molar-refractivity contribution in [1.82, 2.24) is 9.78 Å². The number of anilines is 2. The van der Waals surface area contributed by atoms with Crippen LogP contribution in [-0.2, 0) is 17.9 Å².